The number of benzene rings is 1. The van der Waals surface area contributed by atoms with Gasteiger partial charge in [-0.1, -0.05) is 0 Å². The number of nitro groups is 1. The molecule has 0 saturated heterocycles. The van der Waals surface area contributed by atoms with Crippen LogP contribution >= 0.6 is 0 Å². The van der Waals surface area contributed by atoms with E-state index in [1.165, 1.54) is 37.3 Å². The van der Waals surface area contributed by atoms with Crippen LogP contribution in [0, 0.1) is 21.4 Å². The summed E-state index contributed by atoms with van der Waals surface area (Å²) >= 11 is 0. The number of nitro benzene ring substituents is 1. The van der Waals surface area contributed by atoms with Crippen molar-refractivity contribution in [2.45, 2.75) is 13.8 Å². The van der Waals surface area contributed by atoms with Crippen LogP contribution in [0.3, 0.4) is 0 Å². The molecule has 1 aromatic rings. The molecule has 24 heavy (non-hydrogen) atoms. The Morgan fingerprint density at radius 1 is 1.33 bits per heavy atom. The standard InChI is InChI=1S/C16H19N3O5/c1-5-18(6-2)16(20)12(10-17)7-11-8-13(19(21)22)15(24-4)14(9-11)23-3/h7-9H,5-6H2,1-4H3/b12-7+. The van der Waals surface area contributed by atoms with Gasteiger partial charge in [0.15, 0.2) is 5.75 Å². The minimum atomic E-state index is -0.614. The lowest BCUT2D eigenvalue weighted by molar-refractivity contribution is -0.385. The van der Waals surface area contributed by atoms with Gasteiger partial charge in [0.2, 0.25) is 5.75 Å². The molecule has 0 unspecified atom stereocenters. The first-order valence-corrected chi connectivity index (χ1v) is 7.24. The molecule has 0 bridgehead atoms. The summed E-state index contributed by atoms with van der Waals surface area (Å²) < 4.78 is 10.1. The van der Waals surface area contributed by atoms with Crippen LogP contribution in [-0.4, -0.2) is 43.0 Å². The van der Waals surface area contributed by atoms with Gasteiger partial charge >= 0.3 is 5.69 Å². The number of nitrogens with zero attached hydrogens (tertiary/aromatic N) is 3. The van der Waals surface area contributed by atoms with Gasteiger partial charge in [-0.3, -0.25) is 14.9 Å². The van der Waals surface area contributed by atoms with Crippen LogP contribution in [0.5, 0.6) is 11.5 Å². The van der Waals surface area contributed by atoms with Crippen LogP contribution in [-0.2, 0) is 4.79 Å². The molecule has 128 valence electrons. The largest absolute Gasteiger partial charge is 0.493 e. The van der Waals surface area contributed by atoms with Gasteiger partial charge in [0, 0.05) is 19.2 Å². The normalized spacial score (nSPS) is 10.7. The number of ether oxygens (including phenoxy) is 2. The number of rotatable bonds is 7. The first-order valence-electron chi connectivity index (χ1n) is 7.24. The van der Waals surface area contributed by atoms with Crippen molar-refractivity contribution >= 4 is 17.7 Å². The summed E-state index contributed by atoms with van der Waals surface area (Å²) in [4.78, 5) is 24.4. The van der Waals surface area contributed by atoms with E-state index in [0.29, 0.717) is 18.7 Å². The zero-order valence-electron chi connectivity index (χ0n) is 14.0. The molecular formula is C16H19N3O5. The van der Waals surface area contributed by atoms with E-state index in [1.807, 2.05) is 6.07 Å². The van der Waals surface area contributed by atoms with Crippen molar-refractivity contribution in [3.8, 4) is 17.6 Å². The predicted octanol–water partition coefficient (Wildman–Crippen LogP) is 2.39. The Morgan fingerprint density at radius 3 is 2.38 bits per heavy atom. The lowest BCUT2D eigenvalue weighted by Gasteiger charge is -2.17. The highest BCUT2D eigenvalue weighted by Crippen LogP contribution is 2.38. The van der Waals surface area contributed by atoms with Crippen molar-refractivity contribution in [2.75, 3.05) is 27.3 Å². The monoisotopic (exact) mass is 333 g/mol. The van der Waals surface area contributed by atoms with Gasteiger partial charge in [-0.25, -0.2) is 0 Å². The number of carbonyl (C=O) groups is 1. The Hall–Kier alpha value is -3.08. The fourth-order valence-corrected chi connectivity index (χ4v) is 2.17. The second kappa shape index (κ2) is 8.53. The van der Waals surface area contributed by atoms with Crippen molar-refractivity contribution in [3.63, 3.8) is 0 Å². The Morgan fingerprint density at radius 2 is 1.96 bits per heavy atom. The van der Waals surface area contributed by atoms with Crippen molar-refractivity contribution in [3.05, 3.63) is 33.4 Å². The third-order valence-electron chi connectivity index (χ3n) is 3.39. The summed E-state index contributed by atoms with van der Waals surface area (Å²) in [6, 6.07) is 4.54. The highest BCUT2D eigenvalue weighted by atomic mass is 16.6. The molecule has 0 aliphatic heterocycles. The van der Waals surface area contributed by atoms with Crippen LogP contribution in [0.2, 0.25) is 0 Å². The van der Waals surface area contributed by atoms with E-state index < -0.39 is 10.8 Å². The highest BCUT2D eigenvalue weighted by molar-refractivity contribution is 6.01. The number of hydrogen-bond acceptors (Lipinski definition) is 6. The fourth-order valence-electron chi connectivity index (χ4n) is 2.17. The summed E-state index contributed by atoms with van der Waals surface area (Å²) in [5.41, 5.74) is -0.118. The fraction of sp³-hybridized carbons (Fsp3) is 0.375. The third kappa shape index (κ3) is 4.01. The van der Waals surface area contributed by atoms with E-state index in [1.54, 1.807) is 13.8 Å². The topological polar surface area (TPSA) is 106 Å². The van der Waals surface area contributed by atoms with E-state index in [2.05, 4.69) is 0 Å². The summed E-state index contributed by atoms with van der Waals surface area (Å²) in [6.07, 6.45) is 1.30. The Bertz CT molecular complexity index is 702. The van der Waals surface area contributed by atoms with Crippen molar-refractivity contribution in [1.29, 1.82) is 5.26 Å². The zero-order valence-corrected chi connectivity index (χ0v) is 14.0. The molecule has 0 saturated carbocycles. The molecule has 0 spiro atoms. The van der Waals surface area contributed by atoms with E-state index in [4.69, 9.17) is 9.47 Å². The second-order valence-corrected chi connectivity index (χ2v) is 4.68. The molecule has 8 heteroatoms. The van der Waals surface area contributed by atoms with E-state index in [0.717, 1.165) is 0 Å². The number of nitriles is 1. The number of hydrogen-bond donors (Lipinski definition) is 0. The molecule has 8 nitrogen and oxygen atoms in total. The molecule has 0 aliphatic rings. The number of amides is 1. The summed E-state index contributed by atoms with van der Waals surface area (Å²) in [5, 5.41) is 20.4. The molecule has 0 atom stereocenters. The van der Waals surface area contributed by atoms with Gasteiger partial charge in [0.25, 0.3) is 5.91 Å². The first-order chi connectivity index (χ1) is 11.4. The lowest BCUT2D eigenvalue weighted by Crippen LogP contribution is -2.31. The van der Waals surface area contributed by atoms with Gasteiger partial charge in [0.1, 0.15) is 11.6 Å². The van der Waals surface area contributed by atoms with E-state index in [-0.39, 0.29) is 22.8 Å². The number of methoxy groups -OCH3 is 2. The van der Waals surface area contributed by atoms with Crippen LogP contribution in [0.25, 0.3) is 6.08 Å². The third-order valence-corrected chi connectivity index (χ3v) is 3.39. The minimum absolute atomic E-state index is 0.0202. The SMILES string of the molecule is CCN(CC)C(=O)/C(C#N)=C/c1cc(OC)c(OC)c([N+](=O)[O-])c1. The summed E-state index contributed by atoms with van der Waals surface area (Å²) in [6.45, 7) is 4.52. The molecular weight excluding hydrogens is 314 g/mol. The van der Waals surface area contributed by atoms with Gasteiger partial charge in [-0.2, -0.15) is 5.26 Å². The van der Waals surface area contributed by atoms with E-state index >= 15 is 0 Å². The van der Waals surface area contributed by atoms with Crippen LogP contribution < -0.4 is 9.47 Å². The van der Waals surface area contributed by atoms with Crippen LogP contribution in [0.15, 0.2) is 17.7 Å². The molecule has 1 aromatic carbocycles. The smallest absolute Gasteiger partial charge is 0.315 e. The average Bonchev–Trinajstić information content (AvgIpc) is 2.59. The molecule has 0 aromatic heterocycles. The molecule has 1 rings (SSSR count). The minimum Gasteiger partial charge on any atom is -0.493 e. The molecule has 0 aliphatic carbocycles. The summed E-state index contributed by atoms with van der Waals surface area (Å²) in [5.74, 6) is -0.307. The predicted molar refractivity (Wildman–Crippen MR) is 87.7 cm³/mol. The molecule has 0 heterocycles. The Balaban J connectivity index is 3.45. The van der Waals surface area contributed by atoms with Gasteiger partial charge in [0.05, 0.1) is 19.1 Å². The maximum Gasteiger partial charge on any atom is 0.315 e. The maximum atomic E-state index is 12.3. The van der Waals surface area contributed by atoms with Gasteiger partial charge in [-0.15, -0.1) is 0 Å². The van der Waals surface area contributed by atoms with Crippen molar-refractivity contribution in [2.24, 2.45) is 0 Å². The van der Waals surface area contributed by atoms with Crippen molar-refractivity contribution < 1.29 is 19.2 Å². The van der Waals surface area contributed by atoms with Gasteiger partial charge < -0.3 is 14.4 Å². The second-order valence-electron chi connectivity index (χ2n) is 4.68. The van der Waals surface area contributed by atoms with Crippen LogP contribution in [0.1, 0.15) is 19.4 Å². The van der Waals surface area contributed by atoms with E-state index in [9.17, 15) is 20.2 Å². The van der Waals surface area contributed by atoms with Crippen molar-refractivity contribution in [1.82, 2.24) is 4.90 Å². The molecule has 0 N–H and O–H groups in total. The molecule has 0 fully saturated rings. The number of carbonyl (C=O) groups excluding carboxylic acids is 1. The average molecular weight is 333 g/mol. The van der Waals surface area contributed by atoms with Gasteiger partial charge in [-0.05, 0) is 31.6 Å². The van der Waals surface area contributed by atoms with Crippen LogP contribution in [0.4, 0.5) is 5.69 Å². The lowest BCUT2D eigenvalue weighted by atomic mass is 10.1. The molecule has 0 radical (unpaired) electrons. The molecule has 1 amide bonds. The Labute approximate surface area is 140 Å². The maximum absolute atomic E-state index is 12.3. The Kier molecular flexibility index (Phi) is 6.74. The number of likely N-dealkylation sites (N-methyl/N-ethyl adjacent to an activating group) is 1. The first kappa shape index (κ1) is 19.0. The quantitative estimate of drug-likeness (QED) is 0.328. The zero-order chi connectivity index (χ0) is 18.3. The summed E-state index contributed by atoms with van der Waals surface area (Å²) in [7, 11) is 2.65. The highest BCUT2D eigenvalue weighted by Gasteiger charge is 2.22.